The van der Waals surface area contributed by atoms with Crippen LogP contribution in [0.5, 0.6) is 0 Å². The van der Waals surface area contributed by atoms with Crippen molar-refractivity contribution in [3.8, 4) is 0 Å². The molecule has 41 heavy (non-hydrogen) atoms. The number of benzene rings is 3. The van der Waals surface area contributed by atoms with Crippen LogP contribution in [0.4, 0.5) is 0 Å². The van der Waals surface area contributed by atoms with E-state index in [1.54, 1.807) is 0 Å². The van der Waals surface area contributed by atoms with Gasteiger partial charge in [-0.3, -0.25) is 4.79 Å². The highest BCUT2D eigenvalue weighted by Gasteiger charge is 2.38. The van der Waals surface area contributed by atoms with Crippen molar-refractivity contribution in [1.29, 1.82) is 0 Å². The lowest BCUT2D eigenvalue weighted by Gasteiger charge is -2.44. The normalized spacial score (nSPS) is 17.5. The molecule has 1 amide bonds. The molecular weight excluding hydrogens is 508 g/mol. The van der Waals surface area contributed by atoms with Crippen LogP contribution < -0.4 is 0 Å². The topological polar surface area (TPSA) is 61.6 Å². The Labute approximate surface area is 243 Å². The number of hydrogen-bond donors (Lipinski definition) is 1. The number of carbonyl (C=O) groups is 1. The number of aryl methyl sites for hydroxylation is 1. The fourth-order valence-corrected chi connectivity index (χ4v) is 6.77. The molecule has 2 fully saturated rings. The average Bonchev–Trinajstić information content (AvgIpc) is 3.37. The summed E-state index contributed by atoms with van der Waals surface area (Å²) in [4.78, 5) is 22.6. The van der Waals surface area contributed by atoms with Gasteiger partial charge in [-0.15, -0.1) is 0 Å². The largest absolute Gasteiger partial charge is 0.516 e. The Morgan fingerprint density at radius 1 is 0.927 bits per heavy atom. The fraction of sp³-hybridized carbons (Fsp3) is 0.371. The zero-order valence-corrected chi connectivity index (χ0v) is 24.2. The molecule has 6 nitrogen and oxygen atoms in total. The highest BCUT2D eigenvalue weighted by molar-refractivity contribution is 5.94. The lowest BCUT2D eigenvalue weighted by molar-refractivity contribution is 0.0643. The minimum absolute atomic E-state index is 0.128. The molecule has 0 atom stereocenters. The molecule has 0 aliphatic carbocycles. The number of nitrogens with zero attached hydrogens (tertiary/aromatic N) is 4. The average molecular weight is 551 g/mol. The molecule has 3 aromatic carbocycles. The van der Waals surface area contributed by atoms with E-state index in [0.29, 0.717) is 6.04 Å². The summed E-state index contributed by atoms with van der Waals surface area (Å²) < 4.78 is 2.47. The van der Waals surface area contributed by atoms with Crippen LogP contribution in [-0.2, 0) is 5.41 Å². The number of hydrogen-bond acceptors (Lipinski definition) is 4. The first-order valence-corrected chi connectivity index (χ1v) is 14.9. The number of aliphatic hydroxyl groups is 1. The number of para-hydroxylation sites is 2. The van der Waals surface area contributed by atoms with Gasteiger partial charge in [0.25, 0.3) is 5.91 Å². The van der Waals surface area contributed by atoms with Crippen molar-refractivity contribution in [2.75, 3.05) is 32.7 Å². The number of imidazole rings is 1. The van der Waals surface area contributed by atoms with Gasteiger partial charge in [0.1, 0.15) is 5.82 Å². The van der Waals surface area contributed by atoms with Crippen LogP contribution in [0.1, 0.15) is 59.9 Å². The highest BCUT2D eigenvalue weighted by Crippen LogP contribution is 2.40. The smallest absolute Gasteiger partial charge is 0.253 e. The fourth-order valence-electron chi connectivity index (χ4n) is 6.77. The van der Waals surface area contributed by atoms with Gasteiger partial charge >= 0.3 is 0 Å². The molecule has 2 aliphatic heterocycles. The number of fused-ring (bicyclic) bond motifs is 1. The molecule has 2 aliphatic rings. The highest BCUT2D eigenvalue weighted by atomic mass is 16.2. The Hall–Kier alpha value is -3.90. The third-order valence-electron chi connectivity index (χ3n) is 9.02. The molecule has 0 saturated carbocycles. The van der Waals surface area contributed by atoms with Crippen LogP contribution in [0.25, 0.3) is 11.0 Å². The minimum Gasteiger partial charge on any atom is -0.516 e. The molecule has 1 aromatic heterocycles. The molecule has 0 unspecified atom stereocenters. The molecule has 6 rings (SSSR count). The number of carbonyl (C=O) groups excluding carboxylic acids is 1. The summed E-state index contributed by atoms with van der Waals surface area (Å²) in [5.41, 5.74) is 4.73. The predicted octanol–water partition coefficient (Wildman–Crippen LogP) is 6.93. The molecule has 0 radical (unpaired) electrons. The molecule has 2 saturated heterocycles. The summed E-state index contributed by atoms with van der Waals surface area (Å²) in [6.07, 6.45) is 6.26. The third-order valence-corrected chi connectivity index (χ3v) is 9.02. The SMILES string of the molecule is C=CO.Cc1nc2ccccc2n1C1CCN(CCC2(c3ccccc3)CCN(C(=O)c3ccccc3)CC2)CC1. The van der Waals surface area contributed by atoms with Gasteiger partial charge in [0, 0.05) is 37.8 Å². The second-order valence-corrected chi connectivity index (χ2v) is 11.3. The number of amides is 1. The Morgan fingerprint density at radius 2 is 1.51 bits per heavy atom. The first kappa shape index (κ1) is 28.6. The zero-order chi connectivity index (χ0) is 28.7. The van der Waals surface area contributed by atoms with Crippen molar-refractivity contribution in [3.05, 3.63) is 115 Å². The van der Waals surface area contributed by atoms with Crippen LogP contribution in [0.3, 0.4) is 0 Å². The Morgan fingerprint density at radius 3 is 2.17 bits per heavy atom. The van der Waals surface area contributed by atoms with Crippen molar-refractivity contribution in [3.63, 3.8) is 0 Å². The van der Waals surface area contributed by atoms with Crippen LogP contribution in [0, 0.1) is 6.92 Å². The summed E-state index contributed by atoms with van der Waals surface area (Å²) in [6.45, 7) is 10.1. The Balaban J connectivity index is 0.00000108. The lowest BCUT2D eigenvalue weighted by Crippen LogP contribution is -2.47. The Bertz CT molecular complexity index is 1420. The Kier molecular flexibility index (Phi) is 9.20. The van der Waals surface area contributed by atoms with Crippen LogP contribution in [0.15, 0.2) is 97.8 Å². The summed E-state index contributed by atoms with van der Waals surface area (Å²) in [6, 6.07) is 29.8. The van der Waals surface area contributed by atoms with Crippen molar-refractivity contribution in [1.82, 2.24) is 19.4 Å². The second kappa shape index (κ2) is 13.2. The summed E-state index contributed by atoms with van der Waals surface area (Å²) >= 11 is 0. The molecule has 3 heterocycles. The number of aromatic nitrogens is 2. The van der Waals surface area contributed by atoms with Gasteiger partial charge in [-0.1, -0.05) is 67.2 Å². The summed E-state index contributed by atoms with van der Waals surface area (Å²) in [7, 11) is 0. The minimum atomic E-state index is 0.128. The summed E-state index contributed by atoms with van der Waals surface area (Å²) in [5.74, 6) is 1.29. The van der Waals surface area contributed by atoms with E-state index in [4.69, 9.17) is 10.1 Å². The predicted molar refractivity (Wildman–Crippen MR) is 166 cm³/mol. The quantitative estimate of drug-likeness (QED) is 0.264. The molecule has 0 bridgehead atoms. The number of piperidine rings is 2. The van der Waals surface area contributed by atoms with Crippen molar-refractivity contribution in [2.45, 2.75) is 50.5 Å². The molecule has 1 N–H and O–H groups in total. The third kappa shape index (κ3) is 6.38. The van der Waals surface area contributed by atoms with Gasteiger partial charge in [0.2, 0.25) is 0 Å². The van der Waals surface area contributed by atoms with E-state index in [1.807, 2.05) is 30.3 Å². The first-order valence-electron chi connectivity index (χ1n) is 14.9. The molecule has 0 spiro atoms. The van der Waals surface area contributed by atoms with Crippen LogP contribution in [0.2, 0.25) is 0 Å². The van der Waals surface area contributed by atoms with E-state index in [0.717, 1.165) is 75.2 Å². The van der Waals surface area contributed by atoms with Gasteiger partial charge in [0.05, 0.1) is 17.3 Å². The van der Waals surface area contributed by atoms with Crippen molar-refractivity contribution >= 4 is 16.9 Å². The molecular formula is C35H42N4O2. The maximum Gasteiger partial charge on any atom is 0.253 e. The van der Waals surface area contributed by atoms with Crippen molar-refractivity contribution in [2.24, 2.45) is 0 Å². The number of rotatable bonds is 6. The van der Waals surface area contributed by atoms with Gasteiger partial charge in [0.15, 0.2) is 0 Å². The molecule has 214 valence electrons. The van der Waals surface area contributed by atoms with Crippen molar-refractivity contribution < 1.29 is 9.90 Å². The lowest BCUT2D eigenvalue weighted by atomic mass is 9.70. The van der Waals surface area contributed by atoms with Gasteiger partial charge < -0.3 is 19.5 Å². The first-order chi connectivity index (χ1) is 20.0. The monoisotopic (exact) mass is 550 g/mol. The maximum atomic E-state index is 13.1. The second-order valence-electron chi connectivity index (χ2n) is 11.3. The number of aliphatic hydroxyl groups excluding tert-OH is 1. The van der Waals surface area contributed by atoms with Crippen LogP contribution >= 0.6 is 0 Å². The van der Waals surface area contributed by atoms with Gasteiger partial charge in [-0.05, 0) is 80.8 Å². The summed E-state index contributed by atoms with van der Waals surface area (Å²) in [5, 5.41) is 7.33. The van der Waals surface area contributed by atoms with E-state index in [1.165, 1.54) is 23.9 Å². The van der Waals surface area contributed by atoms with Gasteiger partial charge in [-0.25, -0.2) is 4.98 Å². The van der Waals surface area contributed by atoms with E-state index in [9.17, 15) is 4.79 Å². The number of likely N-dealkylation sites (tertiary alicyclic amines) is 2. The maximum absolute atomic E-state index is 13.1. The van der Waals surface area contributed by atoms with E-state index < -0.39 is 0 Å². The standard InChI is InChI=1S/C33H38N4O.C2H4O/c1-26-34-30-14-8-9-15-31(30)37(26)29-16-21-35(22-17-29)23-18-33(28-12-6-3-7-13-28)19-24-36(25-20-33)32(38)27-10-4-2-5-11-27;1-2-3/h2-15,29H,16-25H2,1H3;2-3H,1H2. The zero-order valence-electron chi connectivity index (χ0n) is 24.2. The molecule has 4 aromatic rings. The molecule has 6 heteroatoms. The van der Waals surface area contributed by atoms with E-state index in [-0.39, 0.29) is 11.3 Å². The van der Waals surface area contributed by atoms with Gasteiger partial charge in [-0.2, -0.15) is 0 Å². The van der Waals surface area contributed by atoms with E-state index in [2.05, 4.69) is 82.5 Å². The van der Waals surface area contributed by atoms with E-state index >= 15 is 0 Å². The van der Waals surface area contributed by atoms with Crippen LogP contribution in [-0.4, -0.2) is 63.1 Å².